The van der Waals surface area contributed by atoms with Crippen LogP contribution in [-0.4, -0.2) is 47.5 Å². The number of benzene rings is 1. The number of aliphatic imine (C=N–C) groups is 1. The fourth-order valence-corrected chi connectivity index (χ4v) is 2.91. The van der Waals surface area contributed by atoms with Crippen molar-refractivity contribution in [1.82, 2.24) is 25.4 Å². The van der Waals surface area contributed by atoms with Gasteiger partial charge in [0.15, 0.2) is 5.96 Å². The highest BCUT2D eigenvalue weighted by atomic mass is 127. The van der Waals surface area contributed by atoms with Crippen LogP contribution in [0.4, 0.5) is 0 Å². The molecular formula is C18H27IN6O. The van der Waals surface area contributed by atoms with Crippen LogP contribution in [0.5, 0.6) is 5.75 Å². The highest BCUT2D eigenvalue weighted by Crippen LogP contribution is 2.25. The van der Waals surface area contributed by atoms with Crippen LogP contribution in [0.2, 0.25) is 0 Å². The molecule has 142 valence electrons. The Kier molecular flexibility index (Phi) is 8.66. The molecule has 0 saturated heterocycles. The van der Waals surface area contributed by atoms with E-state index in [9.17, 15) is 0 Å². The maximum absolute atomic E-state index is 5.55. The molecule has 0 spiro atoms. The summed E-state index contributed by atoms with van der Waals surface area (Å²) < 4.78 is 7.54. The summed E-state index contributed by atoms with van der Waals surface area (Å²) in [5.41, 5.74) is 2.66. The Bertz CT molecular complexity index is 689. The number of guanidine groups is 1. The van der Waals surface area contributed by atoms with Gasteiger partial charge in [-0.2, -0.15) is 0 Å². The van der Waals surface area contributed by atoms with Crippen molar-refractivity contribution in [1.29, 1.82) is 0 Å². The van der Waals surface area contributed by atoms with Crippen molar-refractivity contribution in [2.45, 2.75) is 32.2 Å². The second kappa shape index (κ2) is 11.0. The molecule has 2 N–H and O–H groups in total. The molecule has 26 heavy (non-hydrogen) atoms. The summed E-state index contributed by atoms with van der Waals surface area (Å²) in [7, 11) is 1.80. The van der Waals surface area contributed by atoms with E-state index in [-0.39, 0.29) is 24.0 Å². The maximum Gasteiger partial charge on any atom is 0.190 e. The zero-order valence-corrected chi connectivity index (χ0v) is 17.5. The molecule has 7 nitrogen and oxygen atoms in total. The molecule has 8 heteroatoms. The Hall–Kier alpha value is -1.84. The second-order valence-electron chi connectivity index (χ2n) is 6.12. The number of aromatic nitrogens is 3. The standard InChI is InChI=1S/C18H26N6O.HI/c1-19-18(20-8-2-3-10-24-13-22-23-14-24)21-9-6-15-4-5-17-16(12-15)7-11-25-17;/h4-5,12-14H,2-3,6-11H2,1H3,(H2,19,20,21);1H. The lowest BCUT2D eigenvalue weighted by molar-refractivity contribution is 0.357. The highest BCUT2D eigenvalue weighted by Gasteiger charge is 2.11. The molecule has 1 aliphatic heterocycles. The molecule has 0 bridgehead atoms. The Morgan fingerprint density at radius 2 is 2.00 bits per heavy atom. The first-order valence-corrected chi connectivity index (χ1v) is 8.86. The van der Waals surface area contributed by atoms with Crippen LogP contribution in [0.3, 0.4) is 0 Å². The number of nitrogens with zero attached hydrogens (tertiary/aromatic N) is 4. The van der Waals surface area contributed by atoms with Crippen molar-refractivity contribution >= 4 is 29.9 Å². The Balaban J connectivity index is 0.00000243. The summed E-state index contributed by atoms with van der Waals surface area (Å²) in [4.78, 5) is 4.27. The molecule has 0 amide bonds. The van der Waals surface area contributed by atoms with Gasteiger partial charge in [-0.25, -0.2) is 0 Å². The third-order valence-electron chi connectivity index (χ3n) is 4.29. The van der Waals surface area contributed by atoms with Gasteiger partial charge in [0, 0.05) is 33.1 Å². The molecule has 1 aromatic carbocycles. The lowest BCUT2D eigenvalue weighted by Crippen LogP contribution is -2.38. The number of fused-ring (bicyclic) bond motifs is 1. The molecular weight excluding hydrogens is 443 g/mol. The van der Waals surface area contributed by atoms with E-state index in [1.165, 1.54) is 11.1 Å². The monoisotopic (exact) mass is 470 g/mol. The summed E-state index contributed by atoms with van der Waals surface area (Å²) >= 11 is 0. The van der Waals surface area contributed by atoms with Crippen molar-refractivity contribution in [3.05, 3.63) is 42.0 Å². The van der Waals surface area contributed by atoms with Gasteiger partial charge in [0.05, 0.1) is 6.61 Å². The van der Waals surface area contributed by atoms with E-state index < -0.39 is 0 Å². The third-order valence-corrected chi connectivity index (χ3v) is 4.29. The Morgan fingerprint density at radius 1 is 1.19 bits per heavy atom. The van der Waals surface area contributed by atoms with Gasteiger partial charge in [-0.05, 0) is 36.5 Å². The first kappa shape index (κ1) is 20.5. The smallest absolute Gasteiger partial charge is 0.190 e. The summed E-state index contributed by atoms with van der Waals surface area (Å²) in [6.07, 6.45) is 7.65. The zero-order valence-electron chi connectivity index (χ0n) is 15.1. The number of rotatable bonds is 8. The van der Waals surface area contributed by atoms with Crippen molar-refractivity contribution < 1.29 is 4.74 Å². The molecule has 0 radical (unpaired) electrons. The van der Waals surface area contributed by atoms with Crippen LogP contribution < -0.4 is 15.4 Å². The number of halogens is 1. The molecule has 0 fully saturated rings. The van der Waals surface area contributed by atoms with E-state index in [4.69, 9.17) is 4.74 Å². The topological polar surface area (TPSA) is 76.4 Å². The number of aryl methyl sites for hydroxylation is 1. The van der Waals surface area contributed by atoms with Crippen molar-refractivity contribution in [2.75, 3.05) is 26.7 Å². The molecule has 2 aromatic rings. The van der Waals surface area contributed by atoms with Crippen LogP contribution >= 0.6 is 24.0 Å². The first-order valence-electron chi connectivity index (χ1n) is 8.86. The SMILES string of the molecule is CN=C(NCCCCn1cnnc1)NCCc1ccc2c(c1)CCO2.I. The average Bonchev–Trinajstić information content (AvgIpc) is 3.31. The van der Waals surface area contributed by atoms with Crippen LogP contribution in [-0.2, 0) is 19.4 Å². The quantitative estimate of drug-likeness (QED) is 0.267. The van der Waals surface area contributed by atoms with E-state index >= 15 is 0 Å². The lowest BCUT2D eigenvalue weighted by Gasteiger charge is -2.12. The Labute approximate surface area is 171 Å². The molecule has 0 aliphatic carbocycles. The van der Waals surface area contributed by atoms with Crippen molar-refractivity contribution in [2.24, 2.45) is 4.99 Å². The molecule has 1 aromatic heterocycles. The van der Waals surface area contributed by atoms with Gasteiger partial charge in [-0.15, -0.1) is 34.2 Å². The van der Waals surface area contributed by atoms with E-state index in [1.54, 1.807) is 19.7 Å². The predicted octanol–water partition coefficient (Wildman–Crippen LogP) is 2.02. The number of ether oxygens (including phenoxy) is 1. The minimum atomic E-state index is 0. The van der Waals surface area contributed by atoms with E-state index in [2.05, 4.69) is 44.0 Å². The number of hydrogen-bond donors (Lipinski definition) is 2. The Morgan fingerprint density at radius 3 is 2.81 bits per heavy atom. The zero-order chi connectivity index (χ0) is 17.3. The predicted molar refractivity (Wildman–Crippen MR) is 113 cm³/mol. The summed E-state index contributed by atoms with van der Waals surface area (Å²) in [5, 5.41) is 14.3. The average molecular weight is 470 g/mol. The van der Waals surface area contributed by atoms with Gasteiger partial charge in [0.25, 0.3) is 0 Å². The number of unbranched alkanes of at least 4 members (excludes halogenated alkanes) is 1. The van der Waals surface area contributed by atoms with E-state index in [1.807, 2.05) is 4.57 Å². The molecule has 1 aliphatic rings. The van der Waals surface area contributed by atoms with Gasteiger partial charge in [0.1, 0.15) is 18.4 Å². The van der Waals surface area contributed by atoms with Gasteiger partial charge in [0.2, 0.25) is 0 Å². The number of hydrogen-bond acceptors (Lipinski definition) is 4. The fourth-order valence-electron chi connectivity index (χ4n) is 2.91. The largest absolute Gasteiger partial charge is 0.493 e. The van der Waals surface area contributed by atoms with Gasteiger partial charge in [-0.3, -0.25) is 4.99 Å². The van der Waals surface area contributed by atoms with Gasteiger partial charge >= 0.3 is 0 Å². The molecule has 3 rings (SSSR count). The third kappa shape index (κ3) is 6.15. The molecule has 0 atom stereocenters. The fraction of sp³-hybridized carbons (Fsp3) is 0.500. The molecule has 2 heterocycles. The number of nitrogens with one attached hydrogen (secondary N) is 2. The minimum absolute atomic E-state index is 0. The second-order valence-corrected chi connectivity index (χ2v) is 6.12. The maximum atomic E-state index is 5.55. The lowest BCUT2D eigenvalue weighted by atomic mass is 10.1. The summed E-state index contributed by atoms with van der Waals surface area (Å²) in [6, 6.07) is 6.48. The van der Waals surface area contributed by atoms with Crippen molar-refractivity contribution in [3.63, 3.8) is 0 Å². The normalized spacial score (nSPS) is 12.9. The summed E-state index contributed by atoms with van der Waals surface area (Å²) in [5.74, 6) is 1.90. The highest BCUT2D eigenvalue weighted by molar-refractivity contribution is 14.0. The van der Waals surface area contributed by atoms with Gasteiger partial charge < -0.3 is 19.9 Å². The van der Waals surface area contributed by atoms with Crippen molar-refractivity contribution in [3.8, 4) is 5.75 Å². The van der Waals surface area contributed by atoms with Crippen LogP contribution in [0.1, 0.15) is 24.0 Å². The van der Waals surface area contributed by atoms with Crippen LogP contribution in [0.15, 0.2) is 35.8 Å². The minimum Gasteiger partial charge on any atom is -0.493 e. The van der Waals surface area contributed by atoms with Gasteiger partial charge in [-0.1, -0.05) is 12.1 Å². The molecule has 0 saturated carbocycles. The van der Waals surface area contributed by atoms with Crippen LogP contribution in [0.25, 0.3) is 0 Å². The first-order chi connectivity index (χ1) is 12.3. The summed E-state index contributed by atoms with van der Waals surface area (Å²) in [6.45, 7) is 3.52. The van der Waals surface area contributed by atoms with Crippen LogP contribution in [0, 0.1) is 0 Å². The van der Waals surface area contributed by atoms with E-state index in [0.717, 1.165) is 63.6 Å². The molecule has 0 unspecified atom stereocenters. The van der Waals surface area contributed by atoms with E-state index in [0.29, 0.717) is 0 Å².